The molecule has 2 N–H and O–H groups in total. The van der Waals surface area contributed by atoms with Gasteiger partial charge in [0.15, 0.2) is 5.13 Å². The van der Waals surface area contributed by atoms with Crippen LogP contribution in [-0.2, 0) is 14.8 Å². The molecule has 6 nitrogen and oxygen atoms in total. The molecule has 3 aromatic rings. The van der Waals surface area contributed by atoms with Crippen molar-refractivity contribution in [3.05, 3.63) is 65.5 Å². The van der Waals surface area contributed by atoms with Crippen LogP contribution in [0.15, 0.2) is 58.8 Å². The largest absolute Gasteiger partial charge is 0.301 e. The Morgan fingerprint density at radius 1 is 1.19 bits per heavy atom. The maximum Gasteiger partial charge on any atom is 0.244 e. The Morgan fingerprint density at radius 3 is 2.68 bits per heavy atom. The van der Waals surface area contributed by atoms with Crippen molar-refractivity contribution in [3.8, 4) is 11.3 Å². The number of amides is 1. The van der Waals surface area contributed by atoms with Crippen LogP contribution in [0, 0.1) is 11.6 Å². The Kier molecular flexibility index (Phi) is 7.76. The van der Waals surface area contributed by atoms with Crippen molar-refractivity contribution in [1.82, 2.24) is 9.71 Å². The standard InChI is InChI=1S/C20H19F2N3O3S3/c1-29-10-9-16(25-31(27,28)18-8-3-2-7-15(18)22)19(26)24-20-23-17(12-30-20)13-5-4-6-14(21)11-13/h2-8,11-12,16,25H,9-10H2,1H3,(H,23,24,26). The van der Waals surface area contributed by atoms with Gasteiger partial charge in [-0.2, -0.15) is 16.5 Å². The Labute approximate surface area is 187 Å². The number of aromatic nitrogens is 1. The van der Waals surface area contributed by atoms with E-state index in [1.54, 1.807) is 17.5 Å². The van der Waals surface area contributed by atoms with Crippen LogP contribution in [0.4, 0.5) is 13.9 Å². The van der Waals surface area contributed by atoms with E-state index < -0.39 is 38.5 Å². The smallest absolute Gasteiger partial charge is 0.244 e. The van der Waals surface area contributed by atoms with Gasteiger partial charge in [-0.3, -0.25) is 4.79 Å². The van der Waals surface area contributed by atoms with E-state index in [-0.39, 0.29) is 11.6 Å². The number of benzene rings is 2. The molecule has 11 heteroatoms. The minimum Gasteiger partial charge on any atom is -0.301 e. The number of hydrogen-bond acceptors (Lipinski definition) is 6. The molecule has 31 heavy (non-hydrogen) atoms. The minimum atomic E-state index is -4.25. The van der Waals surface area contributed by atoms with E-state index in [0.717, 1.165) is 23.5 Å². The molecule has 0 aliphatic rings. The average Bonchev–Trinajstić information content (AvgIpc) is 3.19. The SMILES string of the molecule is CSCCC(NS(=O)(=O)c1ccccc1F)C(=O)Nc1nc(-c2cccc(F)c2)cs1. The fraction of sp³-hybridized carbons (Fsp3) is 0.200. The highest BCUT2D eigenvalue weighted by Crippen LogP contribution is 2.25. The van der Waals surface area contributed by atoms with Gasteiger partial charge in [-0.15, -0.1) is 11.3 Å². The molecule has 0 aliphatic heterocycles. The summed E-state index contributed by atoms with van der Waals surface area (Å²) in [6, 6.07) is 9.71. The Hall–Kier alpha value is -2.34. The molecule has 0 radical (unpaired) electrons. The zero-order valence-corrected chi connectivity index (χ0v) is 18.8. The fourth-order valence-electron chi connectivity index (χ4n) is 2.70. The summed E-state index contributed by atoms with van der Waals surface area (Å²) in [6.07, 6.45) is 2.02. The lowest BCUT2D eigenvalue weighted by atomic mass is 10.2. The van der Waals surface area contributed by atoms with Crippen LogP contribution >= 0.6 is 23.1 Å². The lowest BCUT2D eigenvalue weighted by Crippen LogP contribution is -2.44. The van der Waals surface area contributed by atoms with Crippen molar-refractivity contribution >= 4 is 44.2 Å². The number of anilines is 1. The van der Waals surface area contributed by atoms with Crippen molar-refractivity contribution in [1.29, 1.82) is 0 Å². The van der Waals surface area contributed by atoms with Gasteiger partial charge in [-0.1, -0.05) is 24.3 Å². The molecule has 0 spiro atoms. The molecule has 1 atom stereocenters. The number of thioether (sulfide) groups is 1. The lowest BCUT2D eigenvalue weighted by Gasteiger charge is -2.17. The van der Waals surface area contributed by atoms with E-state index in [1.807, 2.05) is 6.26 Å². The van der Waals surface area contributed by atoms with Gasteiger partial charge < -0.3 is 5.32 Å². The lowest BCUT2D eigenvalue weighted by molar-refractivity contribution is -0.117. The predicted molar refractivity (Wildman–Crippen MR) is 120 cm³/mol. The van der Waals surface area contributed by atoms with E-state index in [0.29, 0.717) is 17.0 Å². The first-order valence-corrected chi connectivity index (χ1v) is 12.8. The highest BCUT2D eigenvalue weighted by atomic mass is 32.2. The van der Waals surface area contributed by atoms with Crippen LogP contribution in [0.1, 0.15) is 6.42 Å². The van der Waals surface area contributed by atoms with Crippen LogP contribution in [0.25, 0.3) is 11.3 Å². The summed E-state index contributed by atoms with van der Waals surface area (Å²) in [5.41, 5.74) is 1.03. The maximum absolute atomic E-state index is 14.0. The van der Waals surface area contributed by atoms with Crippen molar-refractivity contribution in [2.45, 2.75) is 17.4 Å². The number of halogens is 2. The third-order valence-electron chi connectivity index (χ3n) is 4.21. The van der Waals surface area contributed by atoms with Crippen molar-refractivity contribution in [2.24, 2.45) is 0 Å². The first-order valence-electron chi connectivity index (χ1n) is 9.08. The van der Waals surface area contributed by atoms with Crippen LogP contribution < -0.4 is 10.0 Å². The van der Waals surface area contributed by atoms with E-state index >= 15 is 0 Å². The van der Waals surface area contributed by atoms with Gasteiger partial charge >= 0.3 is 0 Å². The van der Waals surface area contributed by atoms with E-state index in [1.165, 1.54) is 36.0 Å². The summed E-state index contributed by atoms with van der Waals surface area (Å²) >= 11 is 2.57. The summed E-state index contributed by atoms with van der Waals surface area (Å²) in [7, 11) is -4.25. The molecule has 0 saturated carbocycles. The van der Waals surface area contributed by atoms with E-state index in [4.69, 9.17) is 0 Å². The molecular weight excluding hydrogens is 464 g/mol. The number of carbonyl (C=O) groups excluding carboxylic acids is 1. The second kappa shape index (κ2) is 10.3. The van der Waals surface area contributed by atoms with Crippen molar-refractivity contribution in [2.75, 3.05) is 17.3 Å². The number of hydrogen-bond donors (Lipinski definition) is 2. The molecule has 0 saturated heterocycles. The summed E-state index contributed by atoms with van der Waals surface area (Å²) in [5.74, 6) is -1.42. The molecule has 3 rings (SSSR count). The van der Waals surface area contributed by atoms with Gasteiger partial charge in [0.25, 0.3) is 0 Å². The van der Waals surface area contributed by atoms with Crippen LogP contribution in [0.3, 0.4) is 0 Å². The Balaban J connectivity index is 1.77. The van der Waals surface area contributed by atoms with Crippen molar-refractivity contribution < 1.29 is 22.0 Å². The molecule has 0 fully saturated rings. The number of carbonyl (C=O) groups is 1. The molecule has 164 valence electrons. The first kappa shape index (κ1) is 23.3. The normalized spacial score (nSPS) is 12.5. The predicted octanol–water partition coefficient (Wildman–Crippen LogP) is 4.13. The molecule has 1 heterocycles. The van der Waals surface area contributed by atoms with Crippen LogP contribution in [0.5, 0.6) is 0 Å². The van der Waals surface area contributed by atoms with Gasteiger partial charge in [0, 0.05) is 10.9 Å². The quantitative estimate of drug-likeness (QED) is 0.478. The number of sulfonamides is 1. The third-order valence-corrected chi connectivity index (χ3v) is 7.11. The molecule has 1 aromatic heterocycles. The number of thiazole rings is 1. The molecule has 1 amide bonds. The zero-order chi connectivity index (χ0) is 22.4. The summed E-state index contributed by atoms with van der Waals surface area (Å²) in [5, 5.41) is 4.49. The molecule has 2 aromatic carbocycles. The molecular formula is C20H19F2N3O3S3. The average molecular weight is 484 g/mol. The highest BCUT2D eigenvalue weighted by Gasteiger charge is 2.28. The minimum absolute atomic E-state index is 0.197. The summed E-state index contributed by atoms with van der Waals surface area (Å²) in [4.78, 5) is 16.5. The van der Waals surface area contributed by atoms with Gasteiger partial charge in [0.1, 0.15) is 22.6 Å². The molecule has 1 unspecified atom stereocenters. The third kappa shape index (κ3) is 6.10. The Morgan fingerprint density at radius 2 is 1.97 bits per heavy atom. The van der Waals surface area contributed by atoms with Crippen LogP contribution in [-0.4, -0.2) is 37.4 Å². The zero-order valence-electron chi connectivity index (χ0n) is 16.3. The van der Waals surface area contributed by atoms with Gasteiger partial charge in [-0.25, -0.2) is 22.2 Å². The fourth-order valence-corrected chi connectivity index (χ4v) is 5.20. The van der Waals surface area contributed by atoms with Gasteiger partial charge in [0.05, 0.1) is 5.69 Å². The number of nitrogens with one attached hydrogen (secondary N) is 2. The van der Waals surface area contributed by atoms with Crippen molar-refractivity contribution in [3.63, 3.8) is 0 Å². The monoisotopic (exact) mass is 483 g/mol. The maximum atomic E-state index is 14.0. The molecule has 0 aliphatic carbocycles. The second-order valence-electron chi connectivity index (χ2n) is 6.42. The molecule has 0 bridgehead atoms. The highest BCUT2D eigenvalue weighted by molar-refractivity contribution is 7.98. The van der Waals surface area contributed by atoms with E-state index in [9.17, 15) is 22.0 Å². The van der Waals surface area contributed by atoms with Crippen LogP contribution in [0.2, 0.25) is 0 Å². The first-order chi connectivity index (χ1) is 14.8. The Bertz CT molecular complexity index is 1170. The number of nitrogens with zero attached hydrogens (tertiary/aromatic N) is 1. The summed E-state index contributed by atoms with van der Waals surface area (Å²) in [6.45, 7) is 0. The van der Waals surface area contributed by atoms with E-state index in [2.05, 4.69) is 15.0 Å². The van der Waals surface area contributed by atoms with Gasteiger partial charge in [-0.05, 0) is 42.7 Å². The van der Waals surface area contributed by atoms with Gasteiger partial charge in [0.2, 0.25) is 15.9 Å². The number of rotatable bonds is 9. The topological polar surface area (TPSA) is 88.2 Å². The summed E-state index contributed by atoms with van der Waals surface area (Å²) < 4.78 is 54.9. The second-order valence-corrected chi connectivity index (χ2v) is 9.95.